The fourth-order valence-corrected chi connectivity index (χ4v) is 4.43. The highest BCUT2D eigenvalue weighted by molar-refractivity contribution is 9.10. The predicted octanol–water partition coefficient (Wildman–Crippen LogP) is 4.48. The molecule has 0 atom stereocenters. The number of benzene rings is 3. The van der Waals surface area contributed by atoms with Crippen molar-refractivity contribution >= 4 is 33.6 Å². The highest BCUT2D eigenvalue weighted by Crippen LogP contribution is 2.29. The number of halogens is 1. The zero-order chi connectivity index (χ0) is 28.2. The molecule has 0 unspecified atom stereocenters. The minimum atomic E-state index is -0.592. The quantitative estimate of drug-likeness (QED) is 0.332. The lowest BCUT2D eigenvalue weighted by Gasteiger charge is -2.25. The van der Waals surface area contributed by atoms with Crippen LogP contribution in [0.15, 0.2) is 99.0 Å². The number of nitrogens with zero attached hydrogens (tertiary/aromatic N) is 2. The second-order valence-corrected chi connectivity index (χ2v) is 11.0. The molecule has 200 valence electrons. The van der Waals surface area contributed by atoms with Gasteiger partial charge in [-0.15, -0.1) is 0 Å². The number of nitrogens with one attached hydrogen (secondary N) is 2. The normalized spacial score (nSPS) is 11.2. The number of aromatic nitrogens is 2. The Bertz CT molecular complexity index is 1620. The average Bonchev–Trinajstić information content (AvgIpc) is 2.91. The maximum absolute atomic E-state index is 13.9. The van der Waals surface area contributed by atoms with E-state index in [2.05, 4.69) is 26.6 Å². The van der Waals surface area contributed by atoms with Gasteiger partial charge in [-0.3, -0.25) is 19.0 Å². The van der Waals surface area contributed by atoms with Crippen molar-refractivity contribution < 1.29 is 9.59 Å². The van der Waals surface area contributed by atoms with E-state index in [-0.39, 0.29) is 24.3 Å². The van der Waals surface area contributed by atoms with E-state index in [1.54, 1.807) is 42.5 Å². The lowest BCUT2D eigenvalue weighted by molar-refractivity contribution is -0.115. The van der Waals surface area contributed by atoms with E-state index in [1.165, 1.54) is 10.6 Å². The Morgan fingerprint density at radius 1 is 0.872 bits per heavy atom. The molecular formula is C30H29BrN4O4. The number of carbonyl (C=O) groups excluding carboxylic acids is 2. The van der Waals surface area contributed by atoms with Crippen LogP contribution < -0.4 is 21.9 Å². The van der Waals surface area contributed by atoms with Gasteiger partial charge < -0.3 is 10.6 Å². The molecule has 0 bridgehead atoms. The molecule has 8 nitrogen and oxygen atoms in total. The average molecular weight is 589 g/mol. The van der Waals surface area contributed by atoms with E-state index in [0.29, 0.717) is 11.3 Å². The summed E-state index contributed by atoms with van der Waals surface area (Å²) < 4.78 is 3.36. The number of carbonyl (C=O) groups is 2. The molecule has 1 aromatic heterocycles. The molecule has 0 radical (unpaired) electrons. The first-order chi connectivity index (χ1) is 18.5. The topological polar surface area (TPSA) is 102 Å². The van der Waals surface area contributed by atoms with Gasteiger partial charge in [0, 0.05) is 16.1 Å². The summed E-state index contributed by atoms with van der Waals surface area (Å²) in [6.45, 7) is 5.78. The fraction of sp³-hybridized carbons (Fsp3) is 0.200. The molecule has 4 aromatic rings. The molecule has 0 aliphatic heterocycles. The number of hydrogen-bond donors (Lipinski definition) is 2. The van der Waals surface area contributed by atoms with Crippen LogP contribution in [0, 0.1) is 0 Å². The highest BCUT2D eigenvalue weighted by Gasteiger charge is 2.23. The summed E-state index contributed by atoms with van der Waals surface area (Å²) in [6, 6.07) is 24.5. The van der Waals surface area contributed by atoms with Gasteiger partial charge >= 0.3 is 5.69 Å². The monoisotopic (exact) mass is 588 g/mol. The van der Waals surface area contributed by atoms with Gasteiger partial charge in [0.05, 0.1) is 18.8 Å². The molecule has 0 aliphatic carbocycles. The van der Waals surface area contributed by atoms with Crippen LogP contribution in [-0.4, -0.2) is 27.5 Å². The Kier molecular flexibility index (Phi) is 8.30. The fourth-order valence-electron chi connectivity index (χ4n) is 4.16. The second-order valence-electron chi connectivity index (χ2n) is 10.1. The molecule has 0 spiro atoms. The van der Waals surface area contributed by atoms with Crippen LogP contribution in [0.1, 0.15) is 42.3 Å². The third-order valence-electron chi connectivity index (χ3n) is 6.11. The summed E-state index contributed by atoms with van der Waals surface area (Å²) in [4.78, 5) is 52.3. The van der Waals surface area contributed by atoms with Crippen molar-refractivity contribution in [2.45, 2.75) is 32.7 Å². The molecule has 0 aliphatic rings. The first-order valence-corrected chi connectivity index (χ1v) is 13.2. The van der Waals surface area contributed by atoms with Gasteiger partial charge in [-0.05, 0) is 46.9 Å². The Morgan fingerprint density at radius 2 is 1.51 bits per heavy atom. The number of anilines is 1. The number of para-hydroxylation sites is 1. The molecule has 4 rings (SSSR count). The van der Waals surface area contributed by atoms with Crippen molar-refractivity contribution in [2.75, 3.05) is 11.9 Å². The zero-order valence-corrected chi connectivity index (χ0v) is 23.5. The van der Waals surface area contributed by atoms with Crippen LogP contribution in [0.25, 0.3) is 5.69 Å². The molecule has 9 heteroatoms. The van der Waals surface area contributed by atoms with Crippen molar-refractivity contribution in [1.29, 1.82) is 0 Å². The van der Waals surface area contributed by atoms with E-state index in [9.17, 15) is 19.2 Å². The zero-order valence-electron chi connectivity index (χ0n) is 21.9. The van der Waals surface area contributed by atoms with Crippen LogP contribution in [-0.2, 0) is 16.8 Å². The second kappa shape index (κ2) is 11.7. The SMILES string of the molecule is CC(C)(C)c1ccccc1-n1c(NC(=O)CNC(=O)c2ccccc2)cc(=O)n(Cc2ccc(Br)cc2)c1=O. The van der Waals surface area contributed by atoms with Crippen LogP contribution in [0.2, 0.25) is 0 Å². The van der Waals surface area contributed by atoms with Crippen molar-refractivity contribution in [3.05, 3.63) is 127 Å². The number of hydrogen-bond acceptors (Lipinski definition) is 4. The van der Waals surface area contributed by atoms with E-state index < -0.39 is 23.1 Å². The highest BCUT2D eigenvalue weighted by atomic mass is 79.9. The van der Waals surface area contributed by atoms with E-state index in [1.807, 2.05) is 57.2 Å². The minimum absolute atomic E-state index is 0.0210. The first kappa shape index (κ1) is 27.8. The molecule has 39 heavy (non-hydrogen) atoms. The summed E-state index contributed by atoms with van der Waals surface area (Å²) in [5.74, 6) is -0.968. The van der Waals surface area contributed by atoms with E-state index >= 15 is 0 Å². The Hall–Kier alpha value is -4.24. The molecule has 2 amide bonds. The third-order valence-corrected chi connectivity index (χ3v) is 6.64. The van der Waals surface area contributed by atoms with Gasteiger partial charge in [-0.25, -0.2) is 9.36 Å². The van der Waals surface area contributed by atoms with Crippen molar-refractivity contribution in [1.82, 2.24) is 14.5 Å². The standard InChI is InChI=1S/C30H29BrN4O4/c1-30(2,3)23-11-7-8-12-24(23)35-25(33-26(36)18-32-28(38)21-9-5-4-6-10-21)17-27(37)34(29(35)39)19-20-13-15-22(31)16-14-20/h4-17H,18-19H2,1-3H3,(H,32,38)(H,33,36). The van der Waals surface area contributed by atoms with Crippen molar-refractivity contribution in [3.63, 3.8) is 0 Å². The predicted molar refractivity (Wildman–Crippen MR) is 156 cm³/mol. The van der Waals surface area contributed by atoms with Crippen LogP contribution in [0.3, 0.4) is 0 Å². The van der Waals surface area contributed by atoms with Gasteiger partial charge in [0.15, 0.2) is 0 Å². The maximum atomic E-state index is 13.9. The van der Waals surface area contributed by atoms with Gasteiger partial charge in [0.25, 0.3) is 11.5 Å². The third kappa shape index (κ3) is 6.61. The number of amides is 2. The van der Waals surface area contributed by atoms with Crippen molar-refractivity contribution in [2.24, 2.45) is 0 Å². The summed E-state index contributed by atoms with van der Waals surface area (Å²) in [6.07, 6.45) is 0. The molecule has 0 fully saturated rings. The number of rotatable bonds is 7. The lowest BCUT2D eigenvalue weighted by atomic mass is 9.85. The van der Waals surface area contributed by atoms with Crippen LogP contribution in [0.5, 0.6) is 0 Å². The van der Waals surface area contributed by atoms with Gasteiger partial charge in [-0.2, -0.15) is 0 Å². The van der Waals surface area contributed by atoms with Gasteiger partial charge in [0.2, 0.25) is 5.91 Å². The van der Waals surface area contributed by atoms with Crippen LogP contribution in [0.4, 0.5) is 5.82 Å². The minimum Gasteiger partial charge on any atom is -0.343 e. The van der Waals surface area contributed by atoms with Crippen molar-refractivity contribution in [3.8, 4) is 5.69 Å². The summed E-state index contributed by atoms with van der Waals surface area (Å²) >= 11 is 3.39. The van der Waals surface area contributed by atoms with Gasteiger partial charge in [0.1, 0.15) is 5.82 Å². The molecular weight excluding hydrogens is 560 g/mol. The summed E-state index contributed by atoms with van der Waals surface area (Å²) in [5.41, 5.74) is 1.09. The lowest BCUT2D eigenvalue weighted by Crippen LogP contribution is -2.42. The largest absolute Gasteiger partial charge is 0.343 e. The Morgan fingerprint density at radius 3 is 2.18 bits per heavy atom. The van der Waals surface area contributed by atoms with Crippen LogP contribution >= 0.6 is 15.9 Å². The smallest absolute Gasteiger partial charge is 0.337 e. The van der Waals surface area contributed by atoms with E-state index in [0.717, 1.165) is 20.2 Å². The molecule has 1 heterocycles. The summed E-state index contributed by atoms with van der Waals surface area (Å²) in [7, 11) is 0. The molecule has 0 saturated carbocycles. The van der Waals surface area contributed by atoms with E-state index in [4.69, 9.17) is 0 Å². The Labute approximate surface area is 234 Å². The summed E-state index contributed by atoms with van der Waals surface area (Å²) in [5, 5.41) is 5.23. The molecule has 0 saturated heterocycles. The Balaban J connectivity index is 1.74. The van der Waals surface area contributed by atoms with Gasteiger partial charge in [-0.1, -0.05) is 85.2 Å². The first-order valence-electron chi connectivity index (χ1n) is 12.4. The molecule has 2 N–H and O–H groups in total. The maximum Gasteiger partial charge on any atom is 0.337 e. The molecule has 3 aromatic carbocycles.